The van der Waals surface area contributed by atoms with E-state index in [0.717, 1.165) is 10.6 Å². The maximum Gasteiger partial charge on any atom is 0.245 e. The van der Waals surface area contributed by atoms with Crippen LogP contribution in [0, 0.1) is 0 Å². The van der Waals surface area contributed by atoms with Crippen LogP contribution in [0.5, 0.6) is 5.75 Å². The van der Waals surface area contributed by atoms with Gasteiger partial charge in [-0.25, -0.2) is 16.8 Å². The fraction of sp³-hybridized carbons (Fsp3) is 0.350. The standard InChI is InChI=1S/C20H26ClN3O6S2/c1-5-23(6-2)32(28,29)17-10-7-15(8-11-17)22-20(25)14-24(31(4,26)27)16-9-12-19(30-3)18(21)13-16/h7-13H,5-6,14H2,1-4H3,(H,22,25). The number of anilines is 2. The minimum atomic E-state index is -3.79. The zero-order chi connectivity index (χ0) is 24.1. The minimum Gasteiger partial charge on any atom is -0.495 e. The quantitative estimate of drug-likeness (QED) is 0.533. The fourth-order valence-corrected chi connectivity index (χ4v) is 5.52. The third-order valence-electron chi connectivity index (χ3n) is 4.59. The molecule has 0 saturated carbocycles. The molecule has 0 heterocycles. The van der Waals surface area contributed by atoms with Crippen molar-refractivity contribution in [3.05, 3.63) is 47.5 Å². The number of ether oxygens (including phenoxy) is 1. The molecule has 1 N–H and O–H groups in total. The summed E-state index contributed by atoms with van der Waals surface area (Å²) in [6, 6.07) is 10.0. The molecule has 1 amide bonds. The van der Waals surface area contributed by atoms with Crippen LogP contribution in [0.4, 0.5) is 11.4 Å². The zero-order valence-electron chi connectivity index (χ0n) is 18.2. The molecule has 9 nitrogen and oxygen atoms in total. The molecule has 0 aliphatic carbocycles. The first-order valence-electron chi connectivity index (χ1n) is 9.65. The maximum absolute atomic E-state index is 12.6. The fourth-order valence-electron chi connectivity index (χ4n) is 2.96. The number of amides is 1. The van der Waals surface area contributed by atoms with Gasteiger partial charge in [0.2, 0.25) is 26.0 Å². The van der Waals surface area contributed by atoms with Crippen molar-refractivity contribution in [2.45, 2.75) is 18.7 Å². The summed E-state index contributed by atoms with van der Waals surface area (Å²) >= 11 is 6.09. The Labute approximate surface area is 194 Å². The van der Waals surface area contributed by atoms with Crippen molar-refractivity contribution in [1.29, 1.82) is 0 Å². The average molecular weight is 504 g/mol. The van der Waals surface area contributed by atoms with Gasteiger partial charge in [-0.05, 0) is 42.5 Å². The van der Waals surface area contributed by atoms with Crippen LogP contribution >= 0.6 is 11.6 Å². The molecule has 0 fully saturated rings. The summed E-state index contributed by atoms with van der Waals surface area (Å²) in [6.45, 7) is 3.68. The van der Waals surface area contributed by atoms with Gasteiger partial charge in [-0.3, -0.25) is 9.10 Å². The highest BCUT2D eigenvalue weighted by Gasteiger charge is 2.23. The van der Waals surface area contributed by atoms with Crippen LogP contribution < -0.4 is 14.4 Å². The van der Waals surface area contributed by atoms with E-state index < -0.39 is 32.5 Å². The molecule has 2 aromatic carbocycles. The summed E-state index contributed by atoms with van der Waals surface area (Å²) in [7, 11) is -5.98. The summed E-state index contributed by atoms with van der Waals surface area (Å²) in [5.41, 5.74) is 0.531. The molecule has 0 saturated heterocycles. The van der Waals surface area contributed by atoms with Crippen molar-refractivity contribution in [3.8, 4) is 5.75 Å². The van der Waals surface area contributed by atoms with E-state index in [1.54, 1.807) is 13.8 Å². The molecule has 12 heteroatoms. The Hall–Kier alpha value is -2.34. The van der Waals surface area contributed by atoms with Gasteiger partial charge in [0.05, 0.1) is 29.0 Å². The highest BCUT2D eigenvalue weighted by Crippen LogP contribution is 2.30. The van der Waals surface area contributed by atoms with Crippen molar-refractivity contribution >= 4 is 48.9 Å². The summed E-state index contributed by atoms with van der Waals surface area (Å²) in [5.74, 6) is -0.241. The van der Waals surface area contributed by atoms with Crippen LogP contribution in [0.2, 0.25) is 5.02 Å². The summed E-state index contributed by atoms with van der Waals surface area (Å²) in [5, 5.41) is 2.77. The molecule has 0 bridgehead atoms. The van der Waals surface area contributed by atoms with Crippen LogP contribution in [-0.2, 0) is 24.8 Å². The monoisotopic (exact) mass is 503 g/mol. The Morgan fingerprint density at radius 3 is 2.09 bits per heavy atom. The topological polar surface area (TPSA) is 113 Å². The molecule has 32 heavy (non-hydrogen) atoms. The Morgan fingerprint density at radius 2 is 1.62 bits per heavy atom. The lowest BCUT2D eigenvalue weighted by Gasteiger charge is -2.22. The Bertz CT molecular complexity index is 1160. The van der Waals surface area contributed by atoms with Gasteiger partial charge in [0.25, 0.3) is 0 Å². The second-order valence-corrected chi connectivity index (χ2v) is 11.0. The molecule has 0 aliphatic heterocycles. The van der Waals surface area contributed by atoms with E-state index in [0.29, 0.717) is 24.5 Å². The van der Waals surface area contributed by atoms with Gasteiger partial charge < -0.3 is 10.1 Å². The van der Waals surface area contributed by atoms with Crippen LogP contribution in [0.1, 0.15) is 13.8 Å². The molecule has 176 valence electrons. The normalized spacial score (nSPS) is 11.9. The number of rotatable bonds is 10. The summed E-state index contributed by atoms with van der Waals surface area (Å²) in [4.78, 5) is 12.6. The van der Waals surface area contributed by atoms with E-state index >= 15 is 0 Å². The van der Waals surface area contributed by atoms with Gasteiger partial charge in [0.1, 0.15) is 12.3 Å². The van der Waals surface area contributed by atoms with Crippen LogP contribution in [-0.4, -0.2) is 60.0 Å². The number of sulfonamides is 2. The van der Waals surface area contributed by atoms with E-state index in [1.807, 2.05) is 0 Å². The predicted molar refractivity (Wildman–Crippen MR) is 125 cm³/mol. The molecule has 2 rings (SSSR count). The van der Waals surface area contributed by atoms with E-state index in [-0.39, 0.29) is 15.6 Å². The number of hydrogen-bond donors (Lipinski definition) is 1. The van der Waals surface area contributed by atoms with Gasteiger partial charge in [-0.15, -0.1) is 0 Å². The number of hydrogen-bond acceptors (Lipinski definition) is 6. The SMILES string of the molecule is CCN(CC)S(=O)(=O)c1ccc(NC(=O)CN(c2ccc(OC)c(Cl)c2)S(C)(=O)=O)cc1. The molecule has 0 aliphatic rings. The van der Waals surface area contributed by atoms with Gasteiger partial charge in [-0.2, -0.15) is 4.31 Å². The summed E-state index contributed by atoms with van der Waals surface area (Å²) in [6.07, 6.45) is 0.977. The lowest BCUT2D eigenvalue weighted by molar-refractivity contribution is -0.114. The van der Waals surface area contributed by atoms with E-state index in [1.165, 1.54) is 53.9 Å². The predicted octanol–water partition coefficient (Wildman–Crippen LogP) is 2.78. The van der Waals surface area contributed by atoms with Crippen molar-refractivity contribution in [2.24, 2.45) is 0 Å². The molecule has 2 aromatic rings. The second-order valence-electron chi connectivity index (χ2n) is 6.75. The molecule has 0 spiro atoms. The first-order chi connectivity index (χ1) is 14.9. The van der Waals surface area contributed by atoms with Crippen LogP contribution in [0.15, 0.2) is 47.4 Å². The molecule has 0 unspecified atom stereocenters. The average Bonchev–Trinajstić information content (AvgIpc) is 2.72. The number of halogens is 1. The number of benzene rings is 2. The Morgan fingerprint density at radius 1 is 1.03 bits per heavy atom. The third kappa shape index (κ3) is 6.12. The van der Waals surface area contributed by atoms with E-state index in [9.17, 15) is 21.6 Å². The highest BCUT2D eigenvalue weighted by atomic mass is 35.5. The van der Waals surface area contributed by atoms with Crippen LogP contribution in [0.3, 0.4) is 0 Å². The Balaban J connectivity index is 2.20. The Kier molecular flexibility index (Phi) is 8.52. The minimum absolute atomic E-state index is 0.102. The first kappa shape index (κ1) is 25.9. The lowest BCUT2D eigenvalue weighted by atomic mass is 10.3. The lowest BCUT2D eigenvalue weighted by Crippen LogP contribution is -2.37. The number of nitrogens with zero attached hydrogens (tertiary/aromatic N) is 2. The highest BCUT2D eigenvalue weighted by molar-refractivity contribution is 7.92. The van der Waals surface area contributed by atoms with Gasteiger partial charge in [0, 0.05) is 18.8 Å². The first-order valence-corrected chi connectivity index (χ1v) is 13.3. The maximum atomic E-state index is 12.6. The van der Waals surface area contributed by atoms with E-state index in [2.05, 4.69) is 5.32 Å². The van der Waals surface area contributed by atoms with Crippen molar-refractivity contribution in [1.82, 2.24) is 4.31 Å². The van der Waals surface area contributed by atoms with Crippen LogP contribution in [0.25, 0.3) is 0 Å². The van der Waals surface area contributed by atoms with Crippen molar-refractivity contribution < 1.29 is 26.4 Å². The van der Waals surface area contributed by atoms with E-state index in [4.69, 9.17) is 16.3 Å². The molecular weight excluding hydrogens is 478 g/mol. The third-order valence-corrected chi connectivity index (χ3v) is 8.09. The molecule has 0 radical (unpaired) electrons. The smallest absolute Gasteiger partial charge is 0.245 e. The van der Waals surface area contributed by atoms with Crippen molar-refractivity contribution in [3.63, 3.8) is 0 Å². The number of carbonyl (C=O) groups excluding carboxylic acids is 1. The largest absolute Gasteiger partial charge is 0.495 e. The van der Waals surface area contributed by atoms with Gasteiger partial charge in [-0.1, -0.05) is 25.4 Å². The zero-order valence-corrected chi connectivity index (χ0v) is 20.6. The molecular formula is C20H26ClN3O6S2. The van der Waals surface area contributed by atoms with Gasteiger partial charge in [0.15, 0.2) is 0 Å². The molecule has 0 atom stereocenters. The number of carbonyl (C=O) groups is 1. The van der Waals surface area contributed by atoms with Crippen molar-refractivity contribution in [2.75, 3.05) is 42.6 Å². The number of nitrogens with one attached hydrogen (secondary N) is 1. The molecule has 0 aromatic heterocycles. The number of methoxy groups -OCH3 is 1. The second kappa shape index (κ2) is 10.5. The van der Waals surface area contributed by atoms with Gasteiger partial charge >= 0.3 is 0 Å². The summed E-state index contributed by atoms with van der Waals surface area (Å²) < 4.78 is 56.9.